The first-order chi connectivity index (χ1) is 7.29. The molecule has 0 radical (unpaired) electrons. The molecule has 1 aliphatic heterocycles. The highest BCUT2D eigenvalue weighted by Gasteiger charge is 2.17. The Balaban J connectivity index is 2.03. The number of nitrogens with one attached hydrogen (secondary N) is 2. The van der Waals surface area contributed by atoms with Crippen molar-refractivity contribution in [3.05, 3.63) is 17.8 Å². The van der Waals surface area contributed by atoms with Gasteiger partial charge in [0.05, 0.1) is 5.69 Å². The molecular weight excluding hydrogens is 186 g/mol. The van der Waals surface area contributed by atoms with Crippen molar-refractivity contribution in [3.63, 3.8) is 0 Å². The smallest absolute Gasteiger partial charge is 0.149 e. The number of aromatic nitrogens is 1. The van der Waals surface area contributed by atoms with Crippen LogP contribution >= 0.6 is 0 Å². The summed E-state index contributed by atoms with van der Waals surface area (Å²) in [4.78, 5) is 4.40. The maximum atomic E-state index is 4.40. The number of aryl methyl sites for hydroxylation is 1. The van der Waals surface area contributed by atoms with Gasteiger partial charge in [-0.1, -0.05) is 19.8 Å². The largest absolute Gasteiger partial charge is 0.380 e. The second kappa shape index (κ2) is 4.51. The van der Waals surface area contributed by atoms with Gasteiger partial charge in [0.15, 0.2) is 0 Å². The molecule has 2 heterocycles. The first-order valence-electron chi connectivity index (χ1n) is 5.76. The van der Waals surface area contributed by atoms with Crippen molar-refractivity contribution in [2.24, 2.45) is 0 Å². The zero-order valence-electron chi connectivity index (χ0n) is 9.51. The molecule has 0 aliphatic carbocycles. The molecule has 1 aliphatic rings. The van der Waals surface area contributed by atoms with Crippen molar-refractivity contribution in [1.82, 2.24) is 4.98 Å². The van der Waals surface area contributed by atoms with E-state index in [-0.39, 0.29) is 0 Å². The van der Waals surface area contributed by atoms with E-state index in [9.17, 15) is 0 Å². The highest BCUT2D eigenvalue weighted by atomic mass is 15.1. The molecule has 0 saturated heterocycles. The molecule has 0 saturated carbocycles. The van der Waals surface area contributed by atoms with Crippen molar-refractivity contribution in [2.45, 2.75) is 39.2 Å². The summed E-state index contributed by atoms with van der Waals surface area (Å²) in [6.07, 6.45) is 5.67. The third-order valence-corrected chi connectivity index (χ3v) is 2.81. The number of fused-ring (bicyclic) bond motifs is 1. The molecule has 0 spiro atoms. The van der Waals surface area contributed by atoms with E-state index in [1.807, 2.05) is 6.20 Å². The summed E-state index contributed by atoms with van der Waals surface area (Å²) >= 11 is 0. The van der Waals surface area contributed by atoms with E-state index < -0.39 is 0 Å². The van der Waals surface area contributed by atoms with E-state index in [0.717, 1.165) is 18.1 Å². The fourth-order valence-corrected chi connectivity index (χ4v) is 1.92. The van der Waals surface area contributed by atoms with Crippen LogP contribution in [0.5, 0.6) is 0 Å². The average Bonchev–Trinajstić information content (AvgIpc) is 2.26. The minimum Gasteiger partial charge on any atom is -0.380 e. The van der Waals surface area contributed by atoms with Gasteiger partial charge in [-0.25, -0.2) is 4.98 Å². The van der Waals surface area contributed by atoms with Gasteiger partial charge in [-0.15, -0.1) is 0 Å². The first kappa shape index (κ1) is 10.3. The van der Waals surface area contributed by atoms with E-state index in [1.54, 1.807) is 0 Å². The van der Waals surface area contributed by atoms with Gasteiger partial charge in [-0.2, -0.15) is 0 Å². The minimum absolute atomic E-state index is 0.535. The maximum absolute atomic E-state index is 4.40. The topological polar surface area (TPSA) is 37.0 Å². The van der Waals surface area contributed by atoms with E-state index >= 15 is 0 Å². The average molecular weight is 205 g/mol. The van der Waals surface area contributed by atoms with Crippen LogP contribution in [0, 0.1) is 6.92 Å². The van der Waals surface area contributed by atoms with Gasteiger partial charge in [0.1, 0.15) is 5.82 Å². The Bertz CT molecular complexity index is 336. The molecule has 0 bridgehead atoms. The molecule has 1 unspecified atom stereocenters. The fourth-order valence-electron chi connectivity index (χ4n) is 1.92. The van der Waals surface area contributed by atoms with Crippen molar-refractivity contribution in [3.8, 4) is 0 Å². The van der Waals surface area contributed by atoms with Gasteiger partial charge in [-0.05, 0) is 25.0 Å². The summed E-state index contributed by atoms with van der Waals surface area (Å²) < 4.78 is 0. The van der Waals surface area contributed by atoms with Crippen molar-refractivity contribution in [1.29, 1.82) is 0 Å². The van der Waals surface area contributed by atoms with Crippen LogP contribution in [0.4, 0.5) is 11.5 Å². The van der Waals surface area contributed by atoms with Crippen LogP contribution in [0.25, 0.3) is 0 Å². The van der Waals surface area contributed by atoms with Gasteiger partial charge >= 0.3 is 0 Å². The maximum Gasteiger partial charge on any atom is 0.149 e. The Hall–Kier alpha value is -1.25. The lowest BCUT2D eigenvalue weighted by Crippen LogP contribution is -2.33. The second-order valence-corrected chi connectivity index (χ2v) is 4.27. The third kappa shape index (κ3) is 2.41. The molecule has 82 valence electrons. The van der Waals surface area contributed by atoms with Crippen LogP contribution in [0.15, 0.2) is 12.3 Å². The van der Waals surface area contributed by atoms with E-state index in [0.29, 0.717) is 6.04 Å². The predicted molar refractivity (Wildman–Crippen MR) is 64.4 cm³/mol. The zero-order valence-corrected chi connectivity index (χ0v) is 9.51. The number of unbranched alkanes of at least 4 members (excludes halogenated alkanes) is 1. The summed E-state index contributed by atoms with van der Waals surface area (Å²) in [7, 11) is 0. The molecular formula is C12H19N3. The van der Waals surface area contributed by atoms with Crippen molar-refractivity contribution >= 4 is 11.5 Å². The molecule has 1 aromatic rings. The van der Waals surface area contributed by atoms with Gasteiger partial charge in [0.25, 0.3) is 0 Å². The van der Waals surface area contributed by atoms with Crippen molar-refractivity contribution < 1.29 is 0 Å². The van der Waals surface area contributed by atoms with Gasteiger partial charge in [-0.3, -0.25) is 0 Å². The number of rotatable bonds is 3. The summed E-state index contributed by atoms with van der Waals surface area (Å²) in [5.74, 6) is 1.01. The molecule has 0 fully saturated rings. The lowest BCUT2D eigenvalue weighted by Gasteiger charge is -2.27. The number of hydrogen-bond donors (Lipinski definition) is 2. The predicted octanol–water partition coefficient (Wildman–Crippen LogP) is 2.79. The highest BCUT2D eigenvalue weighted by Crippen LogP contribution is 2.25. The van der Waals surface area contributed by atoms with Crippen LogP contribution in [0.1, 0.15) is 31.7 Å². The van der Waals surface area contributed by atoms with Crippen LogP contribution in [-0.4, -0.2) is 17.6 Å². The summed E-state index contributed by atoms with van der Waals surface area (Å²) in [5, 5.41) is 6.92. The lowest BCUT2D eigenvalue weighted by atomic mass is 10.1. The van der Waals surface area contributed by atoms with Crippen LogP contribution in [0.2, 0.25) is 0 Å². The SMILES string of the molecule is CCCCC1CNc2cc(C)cnc2N1. The van der Waals surface area contributed by atoms with Gasteiger partial charge < -0.3 is 10.6 Å². The van der Waals surface area contributed by atoms with Gasteiger partial charge in [0, 0.05) is 18.8 Å². The van der Waals surface area contributed by atoms with E-state index in [2.05, 4.69) is 35.5 Å². The van der Waals surface area contributed by atoms with Gasteiger partial charge in [0.2, 0.25) is 0 Å². The molecule has 1 aromatic heterocycles. The normalized spacial score (nSPS) is 18.9. The molecule has 15 heavy (non-hydrogen) atoms. The number of pyridine rings is 1. The molecule has 0 aromatic carbocycles. The molecule has 1 atom stereocenters. The standard InChI is InChI=1S/C12H19N3/c1-3-4-5-10-8-13-11-6-9(2)7-14-12(11)15-10/h6-7,10,13H,3-5,8H2,1-2H3,(H,14,15). The summed E-state index contributed by atoms with van der Waals surface area (Å²) in [6.45, 7) is 5.31. The number of anilines is 2. The first-order valence-corrected chi connectivity index (χ1v) is 5.76. The molecule has 2 rings (SSSR count). The molecule has 3 heteroatoms. The van der Waals surface area contributed by atoms with E-state index in [1.165, 1.54) is 24.8 Å². The Morgan fingerprint density at radius 3 is 3.20 bits per heavy atom. The Kier molecular flexibility index (Phi) is 3.09. The summed E-state index contributed by atoms with van der Waals surface area (Å²) in [6, 6.07) is 2.68. The van der Waals surface area contributed by atoms with Crippen LogP contribution in [-0.2, 0) is 0 Å². The molecule has 0 amide bonds. The minimum atomic E-state index is 0.535. The summed E-state index contributed by atoms with van der Waals surface area (Å²) in [5.41, 5.74) is 2.35. The van der Waals surface area contributed by atoms with Crippen LogP contribution < -0.4 is 10.6 Å². The Morgan fingerprint density at radius 1 is 1.53 bits per heavy atom. The Morgan fingerprint density at radius 2 is 2.40 bits per heavy atom. The number of hydrogen-bond acceptors (Lipinski definition) is 3. The molecule has 2 N–H and O–H groups in total. The van der Waals surface area contributed by atoms with Crippen LogP contribution in [0.3, 0.4) is 0 Å². The third-order valence-electron chi connectivity index (χ3n) is 2.81. The highest BCUT2D eigenvalue weighted by molar-refractivity contribution is 5.67. The number of nitrogens with zero attached hydrogens (tertiary/aromatic N) is 1. The monoisotopic (exact) mass is 205 g/mol. The fraction of sp³-hybridized carbons (Fsp3) is 0.583. The van der Waals surface area contributed by atoms with E-state index in [4.69, 9.17) is 0 Å². The quantitative estimate of drug-likeness (QED) is 0.796. The van der Waals surface area contributed by atoms with Crippen molar-refractivity contribution in [2.75, 3.05) is 17.2 Å². The lowest BCUT2D eigenvalue weighted by molar-refractivity contribution is 0.617. The zero-order chi connectivity index (χ0) is 10.7. The second-order valence-electron chi connectivity index (χ2n) is 4.27. The molecule has 3 nitrogen and oxygen atoms in total. The Labute approximate surface area is 91.3 Å².